The van der Waals surface area contributed by atoms with Crippen LogP contribution in [0.1, 0.15) is 49.3 Å². The minimum absolute atomic E-state index is 0.0940. The van der Waals surface area contributed by atoms with Gasteiger partial charge in [-0.15, -0.1) is 0 Å². The first-order chi connectivity index (χ1) is 17.8. The van der Waals surface area contributed by atoms with Gasteiger partial charge in [0.2, 0.25) is 0 Å². The van der Waals surface area contributed by atoms with Gasteiger partial charge in [-0.1, -0.05) is 13.0 Å². The lowest BCUT2D eigenvalue weighted by atomic mass is 10.2. The van der Waals surface area contributed by atoms with E-state index in [0.717, 1.165) is 37.4 Å². The molecular formula is C25H35N7O5. The molecule has 0 bridgehead atoms. The van der Waals surface area contributed by atoms with Crippen molar-refractivity contribution in [1.82, 2.24) is 20.6 Å². The molecule has 12 nitrogen and oxygen atoms in total. The fourth-order valence-corrected chi connectivity index (χ4v) is 3.83. The van der Waals surface area contributed by atoms with Gasteiger partial charge in [-0.2, -0.15) is 0 Å². The Kier molecular flexibility index (Phi) is 9.87. The molecule has 3 rings (SSSR count). The monoisotopic (exact) mass is 513 g/mol. The minimum atomic E-state index is -0.894. The van der Waals surface area contributed by atoms with E-state index in [9.17, 15) is 14.4 Å². The van der Waals surface area contributed by atoms with Crippen molar-refractivity contribution in [2.75, 3.05) is 43.5 Å². The summed E-state index contributed by atoms with van der Waals surface area (Å²) in [5.41, 5.74) is 7.12. The summed E-state index contributed by atoms with van der Waals surface area (Å²) in [6.07, 6.45) is 1.82. The zero-order chi connectivity index (χ0) is 26.8. The number of benzene rings is 1. The van der Waals surface area contributed by atoms with Crippen LogP contribution in [0.15, 0.2) is 24.3 Å². The Balaban J connectivity index is 1.59. The number of aryl methyl sites for hydroxylation is 1. The van der Waals surface area contributed by atoms with Crippen LogP contribution in [0.5, 0.6) is 5.75 Å². The van der Waals surface area contributed by atoms with Crippen molar-refractivity contribution in [2.24, 2.45) is 5.73 Å². The summed E-state index contributed by atoms with van der Waals surface area (Å²) in [6, 6.07) is 7.24. The predicted molar refractivity (Wildman–Crippen MR) is 139 cm³/mol. The zero-order valence-corrected chi connectivity index (χ0v) is 21.5. The maximum absolute atomic E-state index is 12.1. The number of primary amides is 1. The number of amides is 3. The molecule has 0 aliphatic carbocycles. The first-order valence-corrected chi connectivity index (χ1v) is 12.4. The second-order valence-corrected chi connectivity index (χ2v) is 8.55. The number of carbonyl (C=O) groups is 3. The van der Waals surface area contributed by atoms with Crippen molar-refractivity contribution >= 4 is 35.2 Å². The van der Waals surface area contributed by atoms with Crippen molar-refractivity contribution in [1.29, 1.82) is 0 Å². The van der Waals surface area contributed by atoms with E-state index in [-0.39, 0.29) is 11.6 Å². The molecule has 12 heteroatoms. The molecule has 5 N–H and O–H groups in total. The number of alkyl carbamates (subject to hydrolysis) is 1. The van der Waals surface area contributed by atoms with E-state index in [0.29, 0.717) is 43.2 Å². The van der Waals surface area contributed by atoms with Crippen molar-refractivity contribution in [2.45, 2.75) is 45.6 Å². The number of nitrogens with one attached hydrogen (secondary N) is 3. The van der Waals surface area contributed by atoms with Crippen LogP contribution in [0, 0.1) is 0 Å². The van der Waals surface area contributed by atoms with E-state index in [4.69, 9.17) is 20.2 Å². The SMILES string of the molecule is CCc1nc(C(N)=O)c(Nc2cccc(OCCCNC(=O)[C@H](C)OC(=O)NC)c2)nc1N1CCCC1. The highest BCUT2D eigenvalue weighted by Gasteiger charge is 2.23. The zero-order valence-electron chi connectivity index (χ0n) is 21.5. The number of carbonyl (C=O) groups excluding carboxylic acids is 3. The Bertz CT molecular complexity index is 1100. The van der Waals surface area contributed by atoms with Crippen LogP contribution in [0.4, 0.5) is 22.1 Å². The van der Waals surface area contributed by atoms with E-state index < -0.39 is 18.1 Å². The molecule has 1 aliphatic heterocycles. The molecule has 0 saturated carbocycles. The number of hydrogen-bond acceptors (Lipinski definition) is 9. The summed E-state index contributed by atoms with van der Waals surface area (Å²) in [5, 5.41) is 8.17. The van der Waals surface area contributed by atoms with Crippen molar-refractivity contribution in [3.05, 3.63) is 35.7 Å². The highest BCUT2D eigenvalue weighted by atomic mass is 16.6. The molecule has 1 fully saturated rings. The third kappa shape index (κ3) is 7.69. The van der Waals surface area contributed by atoms with Crippen LogP contribution in [0.25, 0.3) is 0 Å². The number of rotatable bonds is 12. The number of anilines is 3. The van der Waals surface area contributed by atoms with E-state index >= 15 is 0 Å². The van der Waals surface area contributed by atoms with Gasteiger partial charge in [0.25, 0.3) is 11.8 Å². The van der Waals surface area contributed by atoms with Crippen molar-refractivity contribution in [3.8, 4) is 5.75 Å². The Morgan fingerprint density at radius 2 is 1.95 bits per heavy atom. The molecule has 1 aliphatic rings. The highest BCUT2D eigenvalue weighted by Crippen LogP contribution is 2.28. The molecule has 2 aromatic rings. The first-order valence-electron chi connectivity index (χ1n) is 12.4. The van der Waals surface area contributed by atoms with Crippen LogP contribution in [0.2, 0.25) is 0 Å². The van der Waals surface area contributed by atoms with Gasteiger partial charge in [0.15, 0.2) is 23.4 Å². The molecule has 200 valence electrons. The molecule has 37 heavy (non-hydrogen) atoms. The van der Waals surface area contributed by atoms with Crippen LogP contribution in [-0.2, 0) is 16.0 Å². The number of aromatic nitrogens is 2. The van der Waals surface area contributed by atoms with E-state index in [1.54, 1.807) is 12.1 Å². The number of hydrogen-bond donors (Lipinski definition) is 4. The van der Waals surface area contributed by atoms with Gasteiger partial charge in [-0.05, 0) is 44.7 Å². The van der Waals surface area contributed by atoms with Crippen molar-refractivity contribution < 1.29 is 23.9 Å². The van der Waals surface area contributed by atoms with Gasteiger partial charge in [-0.25, -0.2) is 14.8 Å². The number of nitrogens with two attached hydrogens (primary N) is 1. The quantitative estimate of drug-likeness (QED) is 0.312. The molecule has 1 aromatic carbocycles. The normalized spacial score (nSPS) is 13.5. The molecule has 1 aromatic heterocycles. The molecule has 0 unspecified atom stereocenters. The third-order valence-electron chi connectivity index (χ3n) is 5.76. The molecule has 1 saturated heterocycles. The van der Waals surface area contributed by atoms with Crippen LogP contribution in [0.3, 0.4) is 0 Å². The topological polar surface area (TPSA) is 161 Å². The minimum Gasteiger partial charge on any atom is -0.493 e. The summed E-state index contributed by atoms with van der Waals surface area (Å²) in [7, 11) is 1.42. The Morgan fingerprint density at radius 1 is 1.19 bits per heavy atom. The maximum atomic E-state index is 12.1. The first kappa shape index (κ1) is 27.5. The van der Waals surface area contributed by atoms with E-state index in [1.807, 2.05) is 19.1 Å². The number of nitrogens with zero attached hydrogens (tertiary/aromatic N) is 3. The smallest absolute Gasteiger partial charge is 0.407 e. The van der Waals surface area contributed by atoms with Gasteiger partial charge >= 0.3 is 6.09 Å². The molecule has 3 amide bonds. The van der Waals surface area contributed by atoms with Crippen LogP contribution >= 0.6 is 0 Å². The lowest BCUT2D eigenvalue weighted by Crippen LogP contribution is -2.38. The second kappa shape index (κ2) is 13.3. The molecule has 0 radical (unpaired) electrons. The average molecular weight is 514 g/mol. The summed E-state index contributed by atoms with van der Waals surface area (Å²) >= 11 is 0. The summed E-state index contributed by atoms with van der Waals surface area (Å²) < 4.78 is 10.7. The van der Waals surface area contributed by atoms with Crippen LogP contribution in [-0.4, -0.2) is 67.3 Å². The summed E-state index contributed by atoms with van der Waals surface area (Å²) in [4.78, 5) is 46.7. The molecule has 0 spiro atoms. The highest BCUT2D eigenvalue weighted by molar-refractivity contribution is 5.96. The Hall–Kier alpha value is -4.09. The predicted octanol–water partition coefficient (Wildman–Crippen LogP) is 2.11. The van der Waals surface area contributed by atoms with Gasteiger partial charge in [0, 0.05) is 38.4 Å². The van der Waals surface area contributed by atoms with E-state index in [1.165, 1.54) is 14.0 Å². The molecule has 2 heterocycles. The van der Waals surface area contributed by atoms with Gasteiger partial charge in [0.05, 0.1) is 12.3 Å². The lowest BCUT2D eigenvalue weighted by molar-refractivity contribution is -0.128. The Labute approximate surface area is 216 Å². The number of ether oxygens (including phenoxy) is 2. The van der Waals surface area contributed by atoms with Gasteiger partial charge in [0.1, 0.15) is 5.75 Å². The summed E-state index contributed by atoms with van der Waals surface area (Å²) in [6.45, 7) is 6.00. The molecular weight excluding hydrogens is 478 g/mol. The fourth-order valence-electron chi connectivity index (χ4n) is 3.83. The fraction of sp³-hybridized carbons (Fsp3) is 0.480. The lowest BCUT2D eigenvalue weighted by Gasteiger charge is -2.21. The Morgan fingerprint density at radius 3 is 2.62 bits per heavy atom. The second-order valence-electron chi connectivity index (χ2n) is 8.55. The molecule has 1 atom stereocenters. The third-order valence-corrected chi connectivity index (χ3v) is 5.76. The average Bonchev–Trinajstić information content (AvgIpc) is 3.43. The van der Waals surface area contributed by atoms with Crippen LogP contribution < -0.4 is 31.3 Å². The summed E-state index contributed by atoms with van der Waals surface area (Å²) in [5.74, 6) is 0.647. The van der Waals surface area contributed by atoms with Crippen molar-refractivity contribution in [3.63, 3.8) is 0 Å². The standard InChI is InChI=1S/C25H35N7O5/c1-4-19-23(32-12-5-6-13-32)31-22(20(30-19)21(26)33)29-17-9-7-10-18(15-17)36-14-8-11-28-24(34)16(2)37-25(35)27-3/h7,9-10,15-16H,4-6,8,11-14H2,1-3H3,(H2,26,33)(H,27,35)(H,28,34)(H,29,31)/t16-/m0/s1. The maximum Gasteiger partial charge on any atom is 0.407 e. The van der Waals surface area contributed by atoms with E-state index in [2.05, 4.69) is 25.8 Å². The largest absolute Gasteiger partial charge is 0.493 e. The van der Waals surface area contributed by atoms with Gasteiger partial charge in [-0.3, -0.25) is 9.59 Å². The van der Waals surface area contributed by atoms with Gasteiger partial charge < -0.3 is 36.1 Å².